The summed E-state index contributed by atoms with van der Waals surface area (Å²) >= 11 is 1.40. The summed E-state index contributed by atoms with van der Waals surface area (Å²) in [5.74, 6) is 1.37. The normalized spacial score (nSPS) is 12.1. The number of rotatable bonds is 3. The maximum Gasteiger partial charge on any atom is 0.416 e. The van der Waals surface area contributed by atoms with E-state index >= 15 is 0 Å². The van der Waals surface area contributed by atoms with Crippen LogP contribution in [0.2, 0.25) is 0 Å². The third-order valence-corrected chi connectivity index (χ3v) is 4.82. The minimum Gasteiger partial charge on any atom is -0.327 e. The van der Waals surface area contributed by atoms with Crippen LogP contribution >= 0.6 is 11.8 Å². The molecule has 6 heteroatoms. The minimum atomic E-state index is -4.34. The van der Waals surface area contributed by atoms with Crippen LogP contribution in [0.3, 0.4) is 0 Å². The zero-order chi connectivity index (χ0) is 17.5. The van der Waals surface area contributed by atoms with E-state index in [9.17, 15) is 13.2 Å². The summed E-state index contributed by atoms with van der Waals surface area (Å²) in [5, 5.41) is 0. The van der Waals surface area contributed by atoms with Crippen LogP contribution in [0, 0.1) is 6.92 Å². The van der Waals surface area contributed by atoms with Gasteiger partial charge < -0.3 is 4.57 Å². The fourth-order valence-electron chi connectivity index (χ4n) is 2.71. The van der Waals surface area contributed by atoms with Crippen molar-refractivity contribution in [2.24, 2.45) is 7.05 Å². The summed E-state index contributed by atoms with van der Waals surface area (Å²) < 4.78 is 40.9. The van der Waals surface area contributed by atoms with E-state index in [0.29, 0.717) is 16.5 Å². The van der Waals surface area contributed by atoms with Gasteiger partial charge in [0.25, 0.3) is 0 Å². The number of nitrogens with zero attached hydrogens (tertiary/aromatic N) is 2. The third kappa shape index (κ3) is 3.02. The number of thioether (sulfide) groups is 1. The summed E-state index contributed by atoms with van der Waals surface area (Å²) in [4.78, 5) is 5.25. The molecule has 1 aromatic heterocycles. The van der Waals surface area contributed by atoms with E-state index in [4.69, 9.17) is 0 Å². The Labute approximate surface area is 142 Å². The summed E-state index contributed by atoms with van der Waals surface area (Å²) in [6.07, 6.45) is -4.34. The quantitative estimate of drug-likeness (QED) is 0.566. The second-order valence-electron chi connectivity index (χ2n) is 5.63. The van der Waals surface area contributed by atoms with Crippen molar-refractivity contribution < 1.29 is 13.2 Å². The van der Waals surface area contributed by atoms with Crippen LogP contribution in [0.5, 0.6) is 0 Å². The number of hydrogen-bond acceptors (Lipinski definition) is 2. The van der Waals surface area contributed by atoms with Crippen LogP contribution in [0.1, 0.15) is 18.1 Å². The molecule has 0 amide bonds. The van der Waals surface area contributed by atoms with Gasteiger partial charge in [-0.3, -0.25) is 0 Å². The molecule has 0 spiro atoms. The van der Waals surface area contributed by atoms with Gasteiger partial charge in [0.15, 0.2) is 0 Å². The van der Waals surface area contributed by atoms with E-state index in [1.165, 1.54) is 23.9 Å². The number of aryl methyl sites for hydroxylation is 2. The molecule has 126 valence electrons. The Morgan fingerprint density at radius 3 is 2.54 bits per heavy atom. The molecule has 3 aromatic rings. The molecule has 0 atom stereocenters. The van der Waals surface area contributed by atoms with E-state index in [1.807, 2.05) is 43.7 Å². The first-order chi connectivity index (χ1) is 11.3. The molecular weight excluding hydrogens is 333 g/mol. The van der Waals surface area contributed by atoms with Crippen molar-refractivity contribution in [1.29, 1.82) is 0 Å². The highest BCUT2D eigenvalue weighted by Crippen LogP contribution is 2.38. The number of halogens is 3. The van der Waals surface area contributed by atoms with Crippen LogP contribution in [-0.4, -0.2) is 15.3 Å². The highest BCUT2D eigenvalue weighted by Gasteiger charge is 2.31. The number of imidazole rings is 1. The fourth-order valence-corrected chi connectivity index (χ4v) is 3.55. The molecule has 1 heterocycles. The summed E-state index contributed by atoms with van der Waals surface area (Å²) in [7, 11) is 1.89. The Morgan fingerprint density at radius 2 is 1.88 bits per heavy atom. The number of hydrogen-bond donors (Lipinski definition) is 0. The fraction of sp³-hybridized carbons (Fsp3) is 0.278. The Hall–Kier alpha value is -1.95. The number of benzene rings is 2. The molecule has 0 aliphatic carbocycles. The van der Waals surface area contributed by atoms with Crippen molar-refractivity contribution in [3.63, 3.8) is 0 Å². The Bertz CT molecular complexity index is 897. The number of alkyl halides is 3. The van der Waals surface area contributed by atoms with E-state index in [2.05, 4.69) is 4.98 Å². The molecule has 0 saturated heterocycles. The van der Waals surface area contributed by atoms with Crippen LogP contribution in [0.15, 0.2) is 41.3 Å². The highest BCUT2D eigenvalue weighted by molar-refractivity contribution is 7.99. The van der Waals surface area contributed by atoms with Gasteiger partial charge in [-0.15, -0.1) is 11.8 Å². The monoisotopic (exact) mass is 350 g/mol. The lowest BCUT2D eigenvalue weighted by molar-refractivity contribution is -0.137. The predicted molar refractivity (Wildman–Crippen MR) is 92.3 cm³/mol. The molecule has 2 aromatic carbocycles. The van der Waals surface area contributed by atoms with Crippen molar-refractivity contribution in [1.82, 2.24) is 9.55 Å². The molecule has 0 fully saturated rings. The number of fused-ring (bicyclic) bond motifs is 1. The van der Waals surface area contributed by atoms with Crippen molar-refractivity contribution in [2.75, 3.05) is 5.75 Å². The SMILES string of the molecule is CCSc1cc(C(F)(F)F)ccc1-c1nc2cc(C)ccc2n1C. The standard InChI is InChI=1S/C18H17F3N2S/c1-4-24-16-10-12(18(19,20)21)6-7-13(16)17-22-14-9-11(2)5-8-15(14)23(17)3/h5-10H,4H2,1-3H3. The molecule has 0 radical (unpaired) electrons. The summed E-state index contributed by atoms with van der Waals surface area (Å²) in [6.45, 7) is 3.91. The summed E-state index contributed by atoms with van der Waals surface area (Å²) in [5.41, 5.74) is 3.01. The van der Waals surface area contributed by atoms with Gasteiger partial charge in [0.05, 0.1) is 16.6 Å². The first kappa shape index (κ1) is 16.9. The topological polar surface area (TPSA) is 17.8 Å². The average Bonchev–Trinajstić information content (AvgIpc) is 2.83. The second kappa shape index (κ2) is 6.16. The molecule has 0 aliphatic heterocycles. The molecule has 0 saturated carbocycles. The van der Waals surface area contributed by atoms with Gasteiger partial charge in [0.1, 0.15) is 5.82 Å². The Kier molecular flexibility index (Phi) is 4.34. The lowest BCUT2D eigenvalue weighted by Crippen LogP contribution is -2.05. The number of aromatic nitrogens is 2. The van der Waals surface area contributed by atoms with Crippen LogP contribution < -0.4 is 0 Å². The van der Waals surface area contributed by atoms with Crippen molar-refractivity contribution in [2.45, 2.75) is 24.9 Å². The molecular formula is C18H17F3N2S. The lowest BCUT2D eigenvalue weighted by Gasteiger charge is -2.13. The first-order valence-corrected chi connectivity index (χ1v) is 8.57. The molecule has 0 bridgehead atoms. The first-order valence-electron chi connectivity index (χ1n) is 7.58. The predicted octanol–water partition coefficient (Wildman–Crippen LogP) is 5.68. The minimum absolute atomic E-state index is 0.599. The summed E-state index contributed by atoms with van der Waals surface area (Å²) in [6, 6.07) is 9.83. The zero-order valence-electron chi connectivity index (χ0n) is 13.6. The lowest BCUT2D eigenvalue weighted by atomic mass is 10.1. The molecule has 24 heavy (non-hydrogen) atoms. The largest absolute Gasteiger partial charge is 0.416 e. The van der Waals surface area contributed by atoms with Gasteiger partial charge >= 0.3 is 6.18 Å². The van der Waals surface area contributed by atoms with Crippen molar-refractivity contribution in [3.05, 3.63) is 47.5 Å². The molecule has 0 unspecified atom stereocenters. The van der Waals surface area contributed by atoms with Gasteiger partial charge in [-0.05, 0) is 48.6 Å². The van der Waals surface area contributed by atoms with Gasteiger partial charge in [-0.2, -0.15) is 13.2 Å². The van der Waals surface area contributed by atoms with Gasteiger partial charge in [-0.25, -0.2) is 4.98 Å². The van der Waals surface area contributed by atoms with E-state index in [0.717, 1.165) is 28.2 Å². The third-order valence-electron chi connectivity index (χ3n) is 3.89. The maximum absolute atomic E-state index is 13.0. The molecule has 2 nitrogen and oxygen atoms in total. The van der Waals surface area contributed by atoms with Crippen LogP contribution in [-0.2, 0) is 13.2 Å². The second-order valence-corrected chi connectivity index (χ2v) is 6.93. The molecule has 0 N–H and O–H groups in total. The van der Waals surface area contributed by atoms with Gasteiger partial charge in [-0.1, -0.05) is 13.0 Å². The smallest absolute Gasteiger partial charge is 0.327 e. The van der Waals surface area contributed by atoms with Crippen LogP contribution in [0.25, 0.3) is 22.4 Å². The maximum atomic E-state index is 13.0. The van der Waals surface area contributed by atoms with Crippen molar-refractivity contribution in [3.8, 4) is 11.4 Å². The van der Waals surface area contributed by atoms with E-state index < -0.39 is 11.7 Å². The van der Waals surface area contributed by atoms with E-state index in [1.54, 1.807) is 0 Å². The molecule has 3 rings (SSSR count). The van der Waals surface area contributed by atoms with Crippen molar-refractivity contribution >= 4 is 22.8 Å². The van der Waals surface area contributed by atoms with E-state index in [-0.39, 0.29) is 0 Å². The Morgan fingerprint density at radius 1 is 1.12 bits per heavy atom. The highest BCUT2D eigenvalue weighted by atomic mass is 32.2. The van der Waals surface area contributed by atoms with Crippen LogP contribution in [0.4, 0.5) is 13.2 Å². The van der Waals surface area contributed by atoms with Gasteiger partial charge in [0, 0.05) is 17.5 Å². The Balaban J connectivity index is 2.20. The zero-order valence-corrected chi connectivity index (χ0v) is 14.4. The average molecular weight is 350 g/mol. The van der Waals surface area contributed by atoms with Gasteiger partial charge in [0.2, 0.25) is 0 Å². The molecule has 0 aliphatic rings.